The zero-order chi connectivity index (χ0) is 18.4. The van der Waals surface area contributed by atoms with Crippen molar-refractivity contribution >= 4 is 0 Å². The largest absolute Gasteiger partial charge is 0.493 e. The number of piperidine rings is 1. The van der Waals surface area contributed by atoms with Crippen LogP contribution in [0.2, 0.25) is 0 Å². The molecule has 5 rings (SSSR count). The highest BCUT2D eigenvalue weighted by atomic mass is 16.7. The van der Waals surface area contributed by atoms with Gasteiger partial charge in [-0.05, 0) is 62.4 Å². The number of nitrogens with zero attached hydrogens (tertiary/aromatic N) is 3. The molecule has 3 heterocycles. The average Bonchev–Trinajstić information content (AvgIpc) is 3.27. The van der Waals surface area contributed by atoms with Crippen LogP contribution in [0, 0.1) is 6.92 Å². The van der Waals surface area contributed by atoms with Gasteiger partial charge in [0, 0.05) is 24.7 Å². The van der Waals surface area contributed by atoms with E-state index in [2.05, 4.69) is 22.0 Å². The quantitative estimate of drug-likeness (QED) is 0.831. The Hall–Kier alpha value is -2.34. The molecule has 0 N–H and O–H groups in total. The van der Waals surface area contributed by atoms with Crippen molar-refractivity contribution in [3.8, 4) is 17.2 Å². The summed E-state index contributed by atoms with van der Waals surface area (Å²) in [5.41, 5.74) is 4.02. The van der Waals surface area contributed by atoms with E-state index in [0.717, 1.165) is 43.4 Å². The highest BCUT2D eigenvalue weighted by molar-refractivity contribution is 5.55. The SMILES string of the molecule is COc1cc(CN2CCCC3(CCc4cnc(C)nc43)C2)cc2c1OCO2. The van der Waals surface area contributed by atoms with E-state index in [4.69, 9.17) is 19.2 Å². The molecule has 0 amide bonds. The molecule has 142 valence electrons. The van der Waals surface area contributed by atoms with E-state index in [1.807, 2.05) is 13.1 Å². The van der Waals surface area contributed by atoms with Crippen molar-refractivity contribution in [2.75, 3.05) is 27.0 Å². The summed E-state index contributed by atoms with van der Waals surface area (Å²) in [6, 6.07) is 4.16. The van der Waals surface area contributed by atoms with Crippen molar-refractivity contribution < 1.29 is 14.2 Å². The lowest BCUT2D eigenvalue weighted by molar-refractivity contribution is 0.136. The second-order valence-corrected chi connectivity index (χ2v) is 7.92. The third kappa shape index (κ3) is 2.83. The van der Waals surface area contributed by atoms with E-state index in [9.17, 15) is 0 Å². The molecule has 1 atom stereocenters. The molecule has 2 aromatic rings. The monoisotopic (exact) mass is 367 g/mol. The number of benzene rings is 1. The first-order chi connectivity index (χ1) is 13.2. The maximum atomic E-state index is 5.59. The van der Waals surface area contributed by atoms with Crippen molar-refractivity contribution in [3.05, 3.63) is 41.0 Å². The molecule has 27 heavy (non-hydrogen) atoms. The fourth-order valence-electron chi connectivity index (χ4n) is 4.92. The molecule has 1 fully saturated rings. The van der Waals surface area contributed by atoms with Gasteiger partial charge in [-0.15, -0.1) is 0 Å². The summed E-state index contributed by atoms with van der Waals surface area (Å²) < 4.78 is 16.6. The Bertz CT molecular complexity index is 881. The van der Waals surface area contributed by atoms with Gasteiger partial charge in [0.25, 0.3) is 0 Å². The van der Waals surface area contributed by atoms with Crippen LogP contribution in [0.15, 0.2) is 18.3 Å². The molecular formula is C21H25N3O3. The number of hydrogen-bond donors (Lipinski definition) is 0. The molecule has 0 bridgehead atoms. The predicted molar refractivity (Wildman–Crippen MR) is 100 cm³/mol. The summed E-state index contributed by atoms with van der Waals surface area (Å²) in [4.78, 5) is 11.8. The molecule has 6 nitrogen and oxygen atoms in total. The minimum atomic E-state index is 0.182. The molecule has 2 aliphatic heterocycles. The molecule has 1 saturated heterocycles. The first kappa shape index (κ1) is 16.8. The molecule has 0 radical (unpaired) electrons. The molecule has 6 heteroatoms. The predicted octanol–water partition coefficient (Wildman–Crippen LogP) is 3.00. The maximum Gasteiger partial charge on any atom is 0.231 e. The van der Waals surface area contributed by atoms with Gasteiger partial charge >= 0.3 is 0 Å². The minimum absolute atomic E-state index is 0.182. The summed E-state index contributed by atoms with van der Waals surface area (Å²) >= 11 is 0. The lowest BCUT2D eigenvalue weighted by Gasteiger charge is -2.40. The fourth-order valence-corrected chi connectivity index (χ4v) is 4.92. The highest BCUT2D eigenvalue weighted by Crippen LogP contribution is 2.45. The lowest BCUT2D eigenvalue weighted by Crippen LogP contribution is -2.45. The van der Waals surface area contributed by atoms with Gasteiger partial charge in [0.1, 0.15) is 5.82 Å². The molecular weight excluding hydrogens is 342 g/mol. The Morgan fingerprint density at radius 2 is 2.19 bits per heavy atom. The van der Waals surface area contributed by atoms with E-state index >= 15 is 0 Å². The first-order valence-electron chi connectivity index (χ1n) is 9.69. The molecule has 1 unspecified atom stereocenters. The summed E-state index contributed by atoms with van der Waals surface area (Å²) in [6.45, 7) is 5.29. The van der Waals surface area contributed by atoms with Crippen LogP contribution in [0.4, 0.5) is 0 Å². The Morgan fingerprint density at radius 1 is 1.26 bits per heavy atom. The maximum absolute atomic E-state index is 5.59. The van der Waals surface area contributed by atoms with Crippen molar-refractivity contribution in [2.24, 2.45) is 0 Å². The van der Waals surface area contributed by atoms with Crippen LogP contribution in [-0.2, 0) is 18.4 Å². The number of rotatable bonds is 3. The summed E-state index contributed by atoms with van der Waals surface area (Å²) in [7, 11) is 1.68. The summed E-state index contributed by atoms with van der Waals surface area (Å²) in [6.07, 6.45) is 6.73. The van der Waals surface area contributed by atoms with E-state index in [0.29, 0.717) is 5.75 Å². The van der Waals surface area contributed by atoms with Crippen molar-refractivity contribution in [1.82, 2.24) is 14.9 Å². The molecule has 1 spiro atoms. The number of aryl methyl sites for hydroxylation is 2. The Balaban J connectivity index is 1.40. The standard InChI is InChI=1S/C21H25N3O3/c1-14-22-10-16-4-6-21(20(16)23-14)5-3-7-24(12-21)11-15-8-17(25-2)19-18(9-15)26-13-27-19/h8-10H,3-7,11-13H2,1-2H3. The van der Waals surface area contributed by atoms with E-state index in [-0.39, 0.29) is 12.2 Å². The molecule has 1 aromatic carbocycles. The topological polar surface area (TPSA) is 56.7 Å². The smallest absolute Gasteiger partial charge is 0.231 e. The van der Waals surface area contributed by atoms with Crippen LogP contribution in [0.5, 0.6) is 17.2 Å². The van der Waals surface area contributed by atoms with Gasteiger partial charge in [0.15, 0.2) is 11.5 Å². The number of aromatic nitrogens is 2. The Morgan fingerprint density at radius 3 is 3.07 bits per heavy atom. The Labute approximate surface area is 159 Å². The average molecular weight is 367 g/mol. The van der Waals surface area contributed by atoms with Gasteiger partial charge in [-0.3, -0.25) is 4.90 Å². The van der Waals surface area contributed by atoms with Crippen LogP contribution in [0.1, 0.15) is 41.9 Å². The molecule has 0 saturated carbocycles. The van der Waals surface area contributed by atoms with Crippen LogP contribution >= 0.6 is 0 Å². The second-order valence-electron chi connectivity index (χ2n) is 7.92. The van der Waals surface area contributed by atoms with Crippen LogP contribution < -0.4 is 14.2 Å². The van der Waals surface area contributed by atoms with Gasteiger partial charge in [0.2, 0.25) is 12.5 Å². The van der Waals surface area contributed by atoms with Crippen molar-refractivity contribution in [3.63, 3.8) is 0 Å². The number of fused-ring (bicyclic) bond motifs is 3. The lowest BCUT2D eigenvalue weighted by atomic mass is 9.77. The van der Waals surface area contributed by atoms with Crippen LogP contribution in [0.25, 0.3) is 0 Å². The van der Waals surface area contributed by atoms with Gasteiger partial charge in [-0.2, -0.15) is 0 Å². The first-order valence-corrected chi connectivity index (χ1v) is 9.69. The van der Waals surface area contributed by atoms with E-state index in [1.54, 1.807) is 7.11 Å². The van der Waals surface area contributed by atoms with Gasteiger partial charge < -0.3 is 14.2 Å². The number of likely N-dealkylation sites (tertiary alicyclic amines) is 1. The fraction of sp³-hybridized carbons (Fsp3) is 0.524. The van der Waals surface area contributed by atoms with Crippen LogP contribution in [-0.4, -0.2) is 41.9 Å². The second kappa shape index (κ2) is 6.37. The molecule has 3 aliphatic rings. The Kier molecular flexibility index (Phi) is 3.97. The van der Waals surface area contributed by atoms with E-state index in [1.165, 1.54) is 36.1 Å². The molecule has 1 aromatic heterocycles. The highest BCUT2D eigenvalue weighted by Gasteiger charge is 2.43. The van der Waals surface area contributed by atoms with Crippen molar-refractivity contribution in [2.45, 2.75) is 44.6 Å². The third-order valence-corrected chi connectivity index (χ3v) is 6.14. The number of methoxy groups -OCH3 is 1. The van der Waals surface area contributed by atoms with Gasteiger partial charge in [-0.1, -0.05) is 0 Å². The van der Waals surface area contributed by atoms with Crippen LogP contribution in [0.3, 0.4) is 0 Å². The third-order valence-electron chi connectivity index (χ3n) is 6.14. The number of ether oxygens (including phenoxy) is 3. The normalized spacial score (nSPS) is 23.6. The molecule has 1 aliphatic carbocycles. The minimum Gasteiger partial charge on any atom is -0.493 e. The van der Waals surface area contributed by atoms with Crippen molar-refractivity contribution in [1.29, 1.82) is 0 Å². The van der Waals surface area contributed by atoms with Gasteiger partial charge in [0.05, 0.1) is 12.8 Å². The number of hydrogen-bond acceptors (Lipinski definition) is 6. The zero-order valence-corrected chi connectivity index (χ0v) is 16.0. The zero-order valence-electron chi connectivity index (χ0n) is 16.0. The summed E-state index contributed by atoms with van der Waals surface area (Å²) in [5.74, 6) is 3.13. The van der Waals surface area contributed by atoms with E-state index < -0.39 is 0 Å². The van der Waals surface area contributed by atoms with Gasteiger partial charge in [-0.25, -0.2) is 9.97 Å². The summed E-state index contributed by atoms with van der Waals surface area (Å²) in [5, 5.41) is 0.